The molecule has 0 amide bonds. The molecular weight excluding hydrogens is 238 g/mol. The Morgan fingerprint density at radius 2 is 1.89 bits per heavy atom. The van der Waals surface area contributed by atoms with Crippen LogP contribution in [0.3, 0.4) is 0 Å². The third kappa shape index (κ3) is 5.21. The van der Waals surface area contributed by atoms with Gasteiger partial charge in [-0.3, -0.25) is 0 Å². The Morgan fingerprint density at radius 3 is 2.53 bits per heavy atom. The lowest BCUT2D eigenvalue weighted by Gasteiger charge is -2.14. The molecule has 3 nitrogen and oxygen atoms in total. The first-order chi connectivity index (χ1) is 9.24. The second-order valence-electron chi connectivity index (χ2n) is 5.45. The van der Waals surface area contributed by atoms with Crippen LogP contribution in [0.2, 0.25) is 0 Å². The van der Waals surface area contributed by atoms with Crippen molar-refractivity contribution in [2.75, 3.05) is 26.2 Å². The van der Waals surface area contributed by atoms with Crippen LogP contribution in [0, 0.1) is 0 Å². The van der Waals surface area contributed by atoms with Crippen molar-refractivity contribution in [3.8, 4) is 5.75 Å². The van der Waals surface area contributed by atoms with Crippen LogP contribution in [0.5, 0.6) is 5.75 Å². The second kappa shape index (κ2) is 7.51. The molecule has 1 aromatic rings. The van der Waals surface area contributed by atoms with Gasteiger partial charge in [0.15, 0.2) is 0 Å². The summed E-state index contributed by atoms with van der Waals surface area (Å²) < 4.78 is 5.74. The average Bonchev–Trinajstić information content (AvgIpc) is 2.89. The quantitative estimate of drug-likeness (QED) is 0.767. The highest BCUT2D eigenvalue weighted by molar-refractivity contribution is 5.27. The van der Waals surface area contributed by atoms with E-state index >= 15 is 0 Å². The molecule has 1 atom stereocenters. The normalized spacial score (nSPS) is 17.6. The third-order valence-corrected chi connectivity index (χ3v) is 3.54. The van der Waals surface area contributed by atoms with Crippen molar-refractivity contribution in [3.05, 3.63) is 29.8 Å². The molecule has 1 saturated heterocycles. The third-order valence-electron chi connectivity index (χ3n) is 3.54. The number of nitrogens with zero attached hydrogens (tertiary/aromatic N) is 1. The van der Waals surface area contributed by atoms with Crippen LogP contribution in [0.25, 0.3) is 0 Å². The van der Waals surface area contributed by atoms with Gasteiger partial charge < -0.3 is 14.7 Å². The fourth-order valence-corrected chi connectivity index (χ4v) is 2.55. The van der Waals surface area contributed by atoms with Crippen LogP contribution >= 0.6 is 0 Å². The fraction of sp³-hybridized carbons (Fsp3) is 0.625. The molecule has 19 heavy (non-hydrogen) atoms. The standard InChI is InChI=1S/C16H25NO2/c1-14(18)13-15-5-7-16(8-6-15)19-12-4-11-17-9-2-3-10-17/h5-8,14,18H,2-4,9-13H2,1H3. The highest BCUT2D eigenvalue weighted by Gasteiger charge is 2.10. The van der Waals surface area contributed by atoms with Crippen LogP contribution in [0.4, 0.5) is 0 Å². The lowest BCUT2D eigenvalue weighted by Crippen LogP contribution is -2.21. The first kappa shape index (κ1) is 14.4. The van der Waals surface area contributed by atoms with Crippen molar-refractivity contribution in [3.63, 3.8) is 0 Å². The summed E-state index contributed by atoms with van der Waals surface area (Å²) in [6.07, 6.45) is 4.22. The van der Waals surface area contributed by atoms with Gasteiger partial charge in [-0.1, -0.05) is 12.1 Å². The van der Waals surface area contributed by atoms with Crippen molar-refractivity contribution < 1.29 is 9.84 Å². The van der Waals surface area contributed by atoms with E-state index in [1.54, 1.807) is 0 Å². The molecule has 3 heteroatoms. The highest BCUT2D eigenvalue weighted by Crippen LogP contribution is 2.14. The zero-order valence-corrected chi connectivity index (χ0v) is 11.8. The van der Waals surface area contributed by atoms with Crippen LogP contribution < -0.4 is 4.74 Å². The Balaban J connectivity index is 1.65. The molecule has 1 N–H and O–H groups in total. The van der Waals surface area contributed by atoms with Gasteiger partial charge in [0.05, 0.1) is 12.7 Å². The number of benzene rings is 1. The molecule has 1 aliphatic heterocycles. The van der Waals surface area contributed by atoms with Crippen molar-refractivity contribution >= 4 is 0 Å². The number of aliphatic hydroxyl groups excluding tert-OH is 1. The van der Waals surface area contributed by atoms with Crippen LogP contribution in [0.15, 0.2) is 24.3 Å². The Hall–Kier alpha value is -1.06. The molecule has 0 aliphatic carbocycles. The van der Waals surface area contributed by atoms with Crippen LogP contribution in [-0.2, 0) is 6.42 Å². The zero-order valence-electron chi connectivity index (χ0n) is 11.8. The van der Waals surface area contributed by atoms with Crippen molar-refractivity contribution in [2.24, 2.45) is 0 Å². The maximum absolute atomic E-state index is 9.32. The summed E-state index contributed by atoms with van der Waals surface area (Å²) in [6, 6.07) is 8.05. The summed E-state index contributed by atoms with van der Waals surface area (Å²) in [5.74, 6) is 0.927. The van der Waals surface area contributed by atoms with Gasteiger partial charge in [0, 0.05) is 6.54 Å². The largest absolute Gasteiger partial charge is 0.494 e. The Labute approximate surface area is 116 Å². The predicted molar refractivity (Wildman–Crippen MR) is 77.6 cm³/mol. The molecule has 1 unspecified atom stereocenters. The van der Waals surface area contributed by atoms with E-state index in [0.717, 1.165) is 30.9 Å². The minimum atomic E-state index is -0.285. The molecule has 1 aliphatic rings. The fourth-order valence-electron chi connectivity index (χ4n) is 2.55. The van der Waals surface area contributed by atoms with E-state index in [1.807, 2.05) is 31.2 Å². The summed E-state index contributed by atoms with van der Waals surface area (Å²) in [6.45, 7) is 6.26. The van der Waals surface area contributed by atoms with E-state index in [1.165, 1.54) is 25.9 Å². The molecule has 0 radical (unpaired) electrons. The molecule has 0 saturated carbocycles. The number of hydrogen-bond donors (Lipinski definition) is 1. The van der Waals surface area contributed by atoms with E-state index in [-0.39, 0.29) is 6.10 Å². The van der Waals surface area contributed by atoms with E-state index in [2.05, 4.69) is 4.90 Å². The van der Waals surface area contributed by atoms with Crippen molar-refractivity contribution in [1.82, 2.24) is 4.90 Å². The SMILES string of the molecule is CC(O)Cc1ccc(OCCCN2CCCC2)cc1. The van der Waals surface area contributed by atoms with Gasteiger partial charge in [0.1, 0.15) is 5.75 Å². The van der Waals surface area contributed by atoms with Gasteiger partial charge in [-0.05, 0) is 63.4 Å². The smallest absolute Gasteiger partial charge is 0.119 e. The number of ether oxygens (including phenoxy) is 1. The van der Waals surface area contributed by atoms with Gasteiger partial charge in [0.2, 0.25) is 0 Å². The van der Waals surface area contributed by atoms with Gasteiger partial charge in [-0.25, -0.2) is 0 Å². The first-order valence-electron chi connectivity index (χ1n) is 7.36. The van der Waals surface area contributed by atoms with E-state index < -0.39 is 0 Å². The maximum atomic E-state index is 9.32. The van der Waals surface area contributed by atoms with E-state index in [0.29, 0.717) is 6.42 Å². The predicted octanol–water partition coefficient (Wildman–Crippen LogP) is 2.47. The molecule has 106 valence electrons. The van der Waals surface area contributed by atoms with Gasteiger partial charge in [-0.15, -0.1) is 0 Å². The Kier molecular flexibility index (Phi) is 5.67. The molecule has 1 heterocycles. The molecule has 0 spiro atoms. The second-order valence-corrected chi connectivity index (χ2v) is 5.45. The number of hydrogen-bond acceptors (Lipinski definition) is 3. The van der Waals surface area contributed by atoms with E-state index in [4.69, 9.17) is 4.74 Å². The number of aliphatic hydroxyl groups is 1. The summed E-state index contributed by atoms with van der Waals surface area (Å²) in [4.78, 5) is 2.51. The minimum absolute atomic E-state index is 0.285. The van der Waals surface area contributed by atoms with Crippen molar-refractivity contribution in [1.29, 1.82) is 0 Å². The van der Waals surface area contributed by atoms with Gasteiger partial charge in [0.25, 0.3) is 0 Å². The Morgan fingerprint density at radius 1 is 1.21 bits per heavy atom. The zero-order chi connectivity index (χ0) is 13.5. The monoisotopic (exact) mass is 263 g/mol. The maximum Gasteiger partial charge on any atom is 0.119 e. The summed E-state index contributed by atoms with van der Waals surface area (Å²) in [7, 11) is 0. The molecule has 0 aromatic heterocycles. The topological polar surface area (TPSA) is 32.7 Å². The first-order valence-corrected chi connectivity index (χ1v) is 7.36. The number of likely N-dealkylation sites (tertiary alicyclic amines) is 1. The molecule has 1 fully saturated rings. The Bertz CT molecular complexity index is 356. The lowest BCUT2D eigenvalue weighted by molar-refractivity contribution is 0.195. The van der Waals surface area contributed by atoms with Gasteiger partial charge in [-0.2, -0.15) is 0 Å². The molecule has 0 bridgehead atoms. The molecule has 1 aromatic carbocycles. The molecule has 2 rings (SSSR count). The minimum Gasteiger partial charge on any atom is -0.494 e. The summed E-state index contributed by atoms with van der Waals surface area (Å²) in [5, 5.41) is 9.32. The van der Waals surface area contributed by atoms with E-state index in [9.17, 15) is 5.11 Å². The summed E-state index contributed by atoms with van der Waals surface area (Å²) in [5.41, 5.74) is 1.15. The van der Waals surface area contributed by atoms with Crippen LogP contribution in [-0.4, -0.2) is 42.4 Å². The van der Waals surface area contributed by atoms with Gasteiger partial charge >= 0.3 is 0 Å². The lowest BCUT2D eigenvalue weighted by atomic mass is 10.1. The summed E-state index contributed by atoms with van der Waals surface area (Å²) >= 11 is 0. The molecular formula is C16H25NO2. The van der Waals surface area contributed by atoms with Crippen molar-refractivity contribution in [2.45, 2.75) is 38.7 Å². The highest BCUT2D eigenvalue weighted by atomic mass is 16.5. The average molecular weight is 263 g/mol. The number of rotatable bonds is 7. The van der Waals surface area contributed by atoms with Crippen LogP contribution in [0.1, 0.15) is 31.7 Å².